The van der Waals surface area contributed by atoms with Crippen LogP contribution < -0.4 is 0 Å². The average Bonchev–Trinajstić information content (AvgIpc) is 2.16. The maximum atomic E-state index is 10.5. The summed E-state index contributed by atoms with van der Waals surface area (Å²) in [7, 11) is 0. The largest absolute Gasteiger partial charge is 0.479 e. The van der Waals surface area contributed by atoms with Gasteiger partial charge in [0.25, 0.3) is 5.69 Å². The Morgan fingerprint density at radius 3 is 2.60 bits per heavy atom. The van der Waals surface area contributed by atoms with E-state index in [1.807, 2.05) is 0 Å². The van der Waals surface area contributed by atoms with Crippen LogP contribution in [0.4, 0.5) is 5.69 Å². The van der Waals surface area contributed by atoms with Crippen molar-refractivity contribution in [1.29, 1.82) is 0 Å². The van der Waals surface area contributed by atoms with Crippen molar-refractivity contribution in [3.63, 3.8) is 0 Å². The standard InChI is InChI=1S/C8H6ClNO5/c9-4-2-1-3-5(10(14)15)6(4)7(11)8(12)13/h1-3,7,11H,(H,12,13). The summed E-state index contributed by atoms with van der Waals surface area (Å²) in [6.07, 6.45) is -2.00. The Hall–Kier alpha value is -1.66. The second-order valence-corrected chi connectivity index (χ2v) is 3.08. The average molecular weight is 232 g/mol. The number of aliphatic hydroxyl groups excluding tert-OH is 1. The first-order valence-electron chi connectivity index (χ1n) is 3.79. The lowest BCUT2D eigenvalue weighted by Gasteiger charge is -2.07. The van der Waals surface area contributed by atoms with Crippen molar-refractivity contribution in [2.75, 3.05) is 0 Å². The summed E-state index contributed by atoms with van der Waals surface area (Å²) in [5.74, 6) is -1.59. The van der Waals surface area contributed by atoms with E-state index in [1.165, 1.54) is 12.1 Å². The second-order valence-electron chi connectivity index (χ2n) is 2.67. The van der Waals surface area contributed by atoms with Crippen LogP contribution in [0.1, 0.15) is 11.7 Å². The molecule has 15 heavy (non-hydrogen) atoms. The number of aliphatic hydroxyl groups is 1. The molecule has 7 heteroatoms. The SMILES string of the molecule is O=C(O)C(O)c1c(Cl)cccc1[N+](=O)[O-]. The first-order valence-corrected chi connectivity index (χ1v) is 4.16. The number of nitro benzene ring substituents is 1. The minimum Gasteiger partial charge on any atom is -0.479 e. The zero-order valence-corrected chi connectivity index (χ0v) is 8.01. The van der Waals surface area contributed by atoms with E-state index in [9.17, 15) is 20.0 Å². The fourth-order valence-electron chi connectivity index (χ4n) is 1.08. The van der Waals surface area contributed by atoms with Crippen molar-refractivity contribution in [2.24, 2.45) is 0 Å². The molecule has 0 radical (unpaired) electrons. The monoisotopic (exact) mass is 231 g/mol. The van der Waals surface area contributed by atoms with Gasteiger partial charge in [0.1, 0.15) is 0 Å². The number of halogens is 1. The van der Waals surface area contributed by atoms with Gasteiger partial charge >= 0.3 is 5.97 Å². The van der Waals surface area contributed by atoms with Gasteiger partial charge < -0.3 is 10.2 Å². The van der Waals surface area contributed by atoms with Crippen LogP contribution in [0.2, 0.25) is 5.02 Å². The molecule has 0 spiro atoms. The van der Waals surface area contributed by atoms with Crippen molar-refractivity contribution >= 4 is 23.3 Å². The van der Waals surface area contributed by atoms with E-state index in [-0.39, 0.29) is 5.02 Å². The van der Waals surface area contributed by atoms with Crippen LogP contribution in [0, 0.1) is 10.1 Å². The summed E-state index contributed by atoms with van der Waals surface area (Å²) < 4.78 is 0. The number of nitro groups is 1. The molecule has 2 N–H and O–H groups in total. The van der Waals surface area contributed by atoms with Crippen LogP contribution in [0.3, 0.4) is 0 Å². The topological polar surface area (TPSA) is 101 Å². The van der Waals surface area contributed by atoms with Gasteiger partial charge in [0.05, 0.1) is 15.5 Å². The van der Waals surface area contributed by atoms with Gasteiger partial charge in [-0.1, -0.05) is 17.7 Å². The van der Waals surface area contributed by atoms with E-state index in [0.29, 0.717) is 0 Å². The first-order chi connectivity index (χ1) is 6.95. The molecule has 0 saturated heterocycles. The van der Waals surface area contributed by atoms with E-state index >= 15 is 0 Å². The zero-order valence-electron chi connectivity index (χ0n) is 7.25. The maximum absolute atomic E-state index is 10.5. The Morgan fingerprint density at radius 2 is 2.13 bits per heavy atom. The number of nitrogens with zero attached hydrogens (tertiary/aromatic N) is 1. The second kappa shape index (κ2) is 4.24. The molecule has 0 aliphatic heterocycles. The van der Waals surface area contributed by atoms with Crippen LogP contribution in [0.25, 0.3) is 0 Å². The van der Waals surface area contributed by atoms with Gasteiger partial charge in [-0.2, -0.15) is 0 Å². The number of rotatable bonds is 3. The molecule has 0 aliphatic rings. The van der Waals surface area contributed by atoms with Crippen molar-refractivity contribution in [2.45, 2.75) is 6.10 Å². The molecule has 1 aromatic carbocycles. The summed E-state index contributed by atoms with van der Waals surface area (Å²) >= 11 is 5.58. The van der Waals surface area contributed by atoms with E-state index in [1.54, 1.807) is 0 Å². The molecule has 0 saturated carbocycles. The number of benzene rings is 1. The number of aliphatic carboxylic acids is 1. The van der Waals surface area contributed by atoms with Gasteiger partial charge in [-0.3, -0.25) is 10.1 Å². The molecule has 0 heterocycles. The van der Waals surface area contributed by atoms with Crippen LogP contribution >= 0.6 is 11.6 Å². The Bertz CT molecular complexity index is 419. The summed E-state index contributed by atoms with van der Waals surface area (Å²) in [6, 6.07) is 3.65. The Morgan fingerprint density at radius 1 is 1.53 bits per heavy atom. The number of carbonyl (C=O) groups is 1. The zero-order chi connectivity index (χ0) is 11.6. The van der Waals surface area contributed by atoms with Gasteiger partial charge in [0, 0.05) is 6.07 Å². The van der Waals surface area contributed by atoms with Gasteiger partial charge in [0.15, 0.2) is 6.10 Å². The quantitative estimate of drug-likeness (QED) is 0.604. The summed E-state index contributed by atoms with van der Waals surface area (Å²) in [5, 5.41) is 28.1. The van der Waals surface area contributed by atoms with Crippen molar-refractivity contribution in [1.82, 2.24) is 0 Å². The first kappa shape index (κ1) is 11.4. The highest BCUT2D eigenvalue weighted by atomic mass is 35.5. The highest BCUT2D eigenvalue weighted by molar-refractivity contribution is 6.32. The molecule has 0 aromatic heterocycles. The van der Waals surface area contributed by atoms with Gasteiger partial charge in [-0.05, 0) is 6.07 Å². The summed E-state index contributed by atoms with van der Waals surface area (Å²) in [5.41, 5.74) is -0.922. The van der Waals surface area contributed by atoms with Crippen LogP contribution in [0.15, 0.2) is 18.2 Å². The van der Waals surface area contributed by atoms with Gasteiger partial charge in [-0.15, -0.1) is 0 Å². The number of hydrogen-bond acceptors (Lipinski definition) is 4. The molecule has 6 nitrogen and oxygen atoms in total. The lowest BCUT2D eigenvalue weighted by molar-refractivity contribution is -0.386. The molecule has 1 atom stereocenters. The number of carboxylic acids is 1. The normalized spacial score (nSPS) is 12.1. The molecule has 1 aromatic rings. The predicted octanol–water partition coefficient (Wildman–Crippen LogP) is 1.37. The molecule has 0 aliphatic carbocycles. The minimum absolute atomic E-state index is 0.154. The van der Waals surface area contributed by atoms with E-state index in [0.717, 1.165) is 6.07 Å². The van der Waals surface area contributed by atoms with Crippen molar-refractivity contribution in [3.05, 3.63) is 38.9 Å². The Balaban J connectivity index is 3.37. The highest BCUT2D eigenvalue weighted by Gasteiger charge is 2.28. The fraction of sp³-hybridized carbons (Fsp3) is 0.125. The van der Waals surface area contributed by atoms with E-state index in [4.69, 9.17) is 16.7 Å². The van der Waals surface area contributed by atoms with Gasteiger partial charge in [-0.25, -0.2) is 4.79 Å². The molecule has 1 unspecified atom stereocenters. The van der Waals surface area contributed by atoms with Crippen molar-refractivity contribution in [3.8, 4) is 0 Å². The molecule has 80 valence electrons. The van der Waals surface area contributed by atoms with Crippen LogP contribution in [0.5, 0.6) is 0 Å². The predicted molar refractivity (Wildman–Crippen MR) is 50.7 cm³/mol. The third-order valence-electron chi connectivity index (χ3n) is 1.73. The fourth-order valence-corrected chi connectivity index (χ4v) is 1.35. The van der Waals surface area contributed by atoms with Crippen LogP contribution in [-0.4, -0.2) is 21.1 Å². The third kappa shape index (κ3) is 2.23. The molecule has 0 fully saturated rings. The molecule has 0 amide bonds. The molecular weight excluding hydrogens is 226 g/mol. The third-order valence-corrected chi connectivity index (χ3v) is 2.06. The number of carboxylic acid groups (broad SMARTS) is 1. The molecule has 1 rings (SSSR count). The lowest BCUT2D eigenvalue weighted by atomic mass is 10.1. The van der Waals surface area contributed by atoms with Crippen LogP contribution in [-0.2, 0) is 4.79 Å². The lowest BCUT2D eigenvalue weighted by Crippen LogP contribution is -2.13. The Labute approximate surface area is 88.9 Å². The number of hydrogen-bond donors (Lipinski definition) is 2. The summed E-state index contributed by atoms with van der Waals surface area (Å²) in [6.45, 7) is 0. The maximum Gasteiger partial charge on any atom is 0.337 e. The smallest absolute Gasteiger partial charge is 0.337 e. The van der Waals surface area contributed by atoms with E-state index in [2.05, 4.69) is 0 Å². The molecule has 0 bridgehead atoms. The van der Waals surface area contributed by atoms with Gasteiger partial charge in [0.2, 0.25) is 0 Å². The highest BCUT2D eigenvalue weighted by Crippen LogP contribution is 2.31. The Kier molecular flexibility index (Phi) is 3.23. The molecular formula is C8H6ClNO5. The summed E-state index contributed by atoms with van der Waals surface area (Å²) in [4.78, 5) is 20.2. The minimum atomic E-state index is -2.00. The van der Waals surface area contributed by atoms with Crippen molar-refractivity contribution < 1.29 is 19.9 Å². The van der Waals surface area contributed by atoms with E-state index < -0.39 is 28.2 Å².